The summed E-state index contributed by atoms with van der Waals surface area (Å²) in [7, 11) is 1.59. The van der Waals surface area contributed by atoms with E-state index in [1.54, 1.807) is 31.4 Å². The van der Waals surface area contributed by atoms with Gasteiger partial charge in [-0.25, -0.2) is 4.79 Å². The van der Waals surface area contributed by atoms with Crippen LogP contribution >= 0.6 is 0 Å². The molecule has 6 nitrogen and oxygen atoms in total. The van der Waals surface area contributed by atoms with Crippen LogP contribution in [-0.2, 0) is 4.74 Å². The normalized spacial score (nSPS) is 9.96. The number of carbonyl (C=O) groups excluding carboxylic acids is 2. The van der Waals surface area contributed by atoms with Crippen LogP contribution in [0.2, 0.25) is 0 Å². The standard InChI is InChI=1S/C17H17NO5/c1-21-14-6-8-15(9-7-14)22-10-11-23-17(20)13-4-2-12(3-5-13)16(18)19/h2-9H,10-11H2,1H3,(H2,18,19). The minimum atomic E-state index is -0.544. The van der Waals surface area contributed by atoms with E-state index < -0.39 is 11.9 Å². The van der Waals surface area contributed by atoms with Crippen LogP contribution in [0.15, 0.2) is 48.5 Å². The molecule has 0 bridgehead atoms. The monoisotopic (exact) mass is 315 g/mol. The predicted octanol–water partition coefficient (Wildman–Crippen LogP) is 2.03. The second-order valence-electron chi connectivity index (χ2n) is 4.60. The summed E-state index contributed by atoms with van der Waals surface area (Å²) in [6.45, 7) is 0.347. The summed E-state index contributed by atoms with van der Waals surface area (Å²) < 4.78 is 15.6. The molecule has 0 heterocycles. The van der Waals surface area contributed by atoms with Crippen molar-refractivity contribution in [3.8, 4) is 11.5 Å². The first-order valence-corrected chi connectivity index (χ1v) is 6.94. The van der Waals surface area contributed by atoms with Crippen LogP contribution in [-0.4, -0.2) is 32.2 Å². The third kappa shape index (κ3) is 4.74. The Morgan fingerprint density at radius 2 is 1.43 bits per heavy atom. The number of rotatable bonds is 7. The number of amides is 1. The molecule has 0 aliphatic carbocycles. The number of nitrogens with two attached hydrogens (primary N) is 1. The van der Waals surface area contributed by atoms with Gasteiger partial charge in [0.25, 0.3) is 0 Å². The number of carbonyl (C=O) groups is 2. The van der Waals surface area contributed by atoms with Gasteiger partial charge in [0.15, 0.2) is 0 Å². The third-order valence-electron chi connectivity index (χ3n) is 3.05. The molecule has 1 amide bonds. The first-order chi connectivity index (χ1) is 11.1. The van der Waals surface area contributed by atoms with Gasteiger partial charge in [-0.2, -0.15) is 0 Å². The Morgan fingerprint density at radius 3 is 2.00 bits per heavy atom. The number of hydrogen-bond donors (Lipinski definition) is 1. The van der Waals surface area contributed by atoms with E-state index in [1.807, 2.05) is 0 Å². The molecule has 0 atom stereocenters. The molecule has 0 saturated heterocycles. The Morgan fingerprint density at radius 1 is 0.870 bits per heavy atom. The summed E-state index contributed by atoms with van der Waals surface area (Å²) in [5.41, 5.74) is 5.82. The van der Waals surface area contributed by atoms with Crippen LogP contribution in [0.25, 0.3) is 0 Å². The fraction of sp³-hybridized carbons (Fsp3) is 0.176. The van der Waals surface area contributed by atoms with Crippen LogP contribution in [0.1, 0.15) is 20.7 Å². The molecule has 0 spiro atoms. The molecular weight excluding hydrogens is 298 g/mol. The van der Waals surface area contributed by atoms with Crippen molar-refractivity contribution in [3.63, 3.8) is 0 Å². The first-order valence-electron chi connectivity index (χ1n) is 6.94. The zero-order valence-corrected chi connectivity index (χ0v) is 12.7. The molecule has 0 aliphatic heterocycles. The van der Waals surface area contributed by atoms with Crippen molar-refractivity contribution in [1.82, 2.24) is 0 Å². The van der Waals surface area contributed by atoms with Crippen molar-refractivity contribution in [1.29, 1.82) is 0 Å². The Balaban J connectivity index is 1.76. The van der Waals surface area contributed by atoms with Crippen molar-refractivity contribution in [2.75, 3.05) is 20.3 Å². The van der Waals surface area contributed by atoms with Crippen molar-refractivity contribution >= 4 is 11.9 Å². The lowest BCUT2D eigenvalue weighted by atomic mass is 10.1. The van der Waals surface area contributed by atoms with Crippen molar-refractivity contribution in [2.24, 2.45) is 5.73 Å². The van der Waals surface area contributed by atoms with Gasteiger partial charge in [-0.15, -0.1) is 0 Å². The van der Waals surface area contributed by atoms with Gasteiger partial charge in [-0.3, -0.25) is 4.79 Å². The first kappa shape index (κ1) is 16.4. The lowest BCUT2D eigenvalue weighted by Crippen LogP contribution is -2.13. The molecule has 6 heteroatoms. The molecule has 2 aromatic carbocycles. The zero-order chi connectivity index (χ0) is 16.7. The Hall–Kier alpha value is -3.02. The van der Waals surface area contributed by atoms with Crippen molar-refractivity contribution in [2.45, 2.75) is 0 Å². The van der Waals surface area contributed by atoms with Crippen molar-refractivity contribution < 1.29 is 23.8 Å². The van der Waals surface area contributed by atoms with Gasteiger partial charge in [-0.1, -0.05) is 0 Å². The van der Waals surface area contributed by atoms with E-state index in [1.165, 1.54) is 24.3 Å². The highest BCUT2D eigenvalue weighted by Gasteiger charge is 2.08. The van der Waals surface area contributed by atoms with Crippen LogP contribution < -0.4 is 15.2 Å². The van der Waals surface area contributed by atoms with Crippen molar-refractivity contribution in [3.05, 3.63) is 59.7 Å². The van der Waals surface area contributed by atoms with E-state index in [-0.39, 0.29) is 13.2 Å². The molecule has 2 N–H and O–H groups in total. The fourth-order valence-electron chi connectivity index (χ4n) is 1.82. The van der Waals surface area contributed by atoms with Gasteiger partial charge in [0, 0.05) is 5.56 Å². The molecule has 0 unspecified atom stereocenters. The average Bonchev–Trinajstić information content (AvgIpc) is 2.59. The molecule has 120 valence electrons. The molecule has 0 aliphatic rings. The highest BCUT2D eigenvalue weighted by molar-refractivity contribution is 5.95. The van der Waals surface area contributed by atoms with Gasteiger partial charge in [0.1, 0.15) is 24.7 Å². The molecule has 2 rings (SSSR count). The third-order valence-corrected chi connectivity index (χ3v) is 3.05. The maximum atomic E-state index is 11.8. The number of esters is 1. The quantitative estimate of drug-likeness (QED) is 0.624. The summed E-state index contributed by atoms with van der Waals surface area (Å²) in [4.78, 5) is 22.8. The molecule has 0 radical (unpaired) electrons. The summed E-state index contributed by atoms with van der Waals surface area (Å²) in [6.07, 6.45) is 0. The summed E-state index contributed by atoms with van der Waals surface area (Å²) >= 11 is 0. The molecule has 0 saturated carbocycles. The van der Waals surface area contributed by atoms with Gasteiger partial charge in [0.2, 0.25) is 5.91 Å². The van der Waals surface area contributed by atoms with Gasteiger partial charge in [-0.05, 0) is 48.5 Å². The van der Waals surface area contributed by atoms with E-state index in [2.05, 4.69) is 0 Å². The topological polar surface area (TPSA) is 87.8 Å². The van der Waals surface area contributed by atoms with Crippen LogP contribution in [0.3, 0.4) is 0 Å². The van der Waals surface area contributed by atoms with Crippen LogP contribution in [0, 0.1) is 0 Å². The maximum absolute atomic E-state index is 11.8. The number of primary amides is 1. The summed E-state index contributed by atoms with van der Waals surface area (Å²) in [5.74, 6) is 0.369. The smallest absolute Gasteiger partial charge is 0.338 e. The minimum Gasteiger partial charge on any atom is -0.497 e. The Kier molecular flexibility index (Phi) is 5.57. The summed E-state index contributed by atoms with van der Waals surface area (Å²) in [6, 6.07) is 13.0. The second-order valence-corrected chi connectivity index (χ2v) is 4.60. The number of benzene rings is 2. The number of hydrogen-bond acceptors (Lipinski definition) is 5. The maximum Gasteiger partial charge on any atom is 0.338 e. The van der Waals surface area contributed by atoms with Crippen LogP contribution in [0.4, 0.5) is 0 Å². The number of methoxy groups -OCH3 is 1. The highest BCUT2D eigenvalue weighted by Crippen LogP contribution is 2.16. The minimum absolute atomic E-state index is 0.114. The van der Waals surface area contributed by atoms with E-state index in [4.69, 9.17) is 19.9 Å². The molecule has 0 fully saturated rings. The molecular formula is C17H17NO5. The molecule has 23 heavy (non-hydrogen) atoms. The lowest BCUT2D eigenvalue weighted by molar-refractivity contribution is 0.0450. The Bertz CT molecular complexity index is 664. The lowest BCUT2D eigenvalue weighted by Gasteiger charge is -2.08. The SMILES string of the molecule is COc1ccc(OCCOC(=O)c2ccc(C(N)=O)cc2)cc1. The molecule has 0 aromatic heterocycles. The van der Waals surface area contributed by atoms with Gasteiger partial charge in [0.05, 0.1) is 12.7 Å². The summed E-state index contributed by atoms with van der Waals surface area (Å²) in [5, 5.41) is 0. The van der Waals surface area contributed by atoms with E-state index >= 15 is 0 Å². The zero-order valence-electron chi connectivity index (χ0n) is 12.7. The van der Waals surface area contributed by atoms with E-state index in [0.29, 0.717) is 16.9 Å². The average molecular weight is 315 g/mol. The van der Waals surface area contributed by atoms with E-state index in [0.717, 1.165) is 5.75 Å². The van der Waals surface area contributed by atoms with E-state index in [9.17, 15) is 9.59 Å². The highest BCUT2D eigenvalue weighted by atomic mass is 16.6. The predicted molar refractivity (Wildman–Crippen MR) is 83.7 cm³/mol. The van der Waals surface area contributed by atoms with Crippen LogP contribution in [0.5, 0.6) is 11.5 Å². The largest absolute Gasteiger partial charge is 0.497 e. The fourth-order valence-corrected chi connectivity index (χ4v) is 1.82. The Labute approximate surface area is 133 Å². The van der Waals surface area contributed by atoms with Gasteiger partial charge < -0.3 is 19.9 Å². The molecule has 2 aromatic rings. The number of ether oxygens (including phenoxy) is 3. The van der Waals surface area contributed by atoms with Gasteiger partial charge >= 0.3 is 5.97 Å². The second kappa shape index (κ2) is 7.84.